The van der Waals surface area contributed by atoms with Crippen molar-refractivity contribution in [2.45, 2.75) is 33.0 Å². The molecule has 5 aromatic rings. The number of nitriles is 1. The lowest BCUT2D eigenvalue weighted by Gasteiger charge is -2.25. The molecule has 0 amide bonds. The second kappa shape index (κ2) is 14.0. The number of aromatic nitrogens is 3. The summed E-state index contributed by atoms with van der Waals surface area (Å²) in [5.41, 5.74) is -0.148. The van der Waals surface area contributed by atoms with Crippen LogP contribution >= 0.6 is 0 Å². The molecule has 0 unspecified atom stereocenters. The molecule has 3 aromatic carbocycles. The van der Waals surface area contributed by atoms with Crippen LogP contribution in [-0.2, 0) is 23.2 Å². The Morgan fingerprint density at radius 1 is 0.957 bits per heavy atom. The van der Waals surface area contributed by atoms with Crippen molar-refractivity contribution in [3.63, 3.8) is 0 Å². The highest BCUT2D eigenvalue weighted by molar-refractivity contribution is 5.79. The number of pyridine rings is 1. The maximum absolute atomic E-state index is 16.1. The molecule has 2 aromatic heterocycles. The number of aryl methyl sites for hydroxylation is 1. The Balaban J connectivity index is 1.57. The van der Waals surface area contributed by atoms with Crippen LogP contribution in [-0.4, -0.2) is 32.7 Å². The van der Waals surface area contributed by atoms with Crippen LogP contribution in [0.1, 0.15) is 31.9 Å². The molecule has 240 valence electrons. The second-order valence-corrected chi connectivity index (χ2v) is 10.7. The van der Waals surface area contributed by atoms with Gasteiger partial charge in [-0.3, -0.25) is 0 Å². The molecule has 0 spiro atoms. The van der Waals surface area contributed by atoms with Gasteiger partial charge in [0.05, 0.1) is 18.2 Å². The summed E-state index contributed by atoms with van der Waals surface area (Å²) in [6, 6.07) is 22.2. The van der Waals surface area contributed by atoms with Gasteiger partial charge in [0.15, 0.2) is 17.1 Å². The molecule has 0 aliphatic carbocycles. The minimum Gasteiger partial charge on any atom is -0.485 e. The maximum Gasteiger partial charge on any atom is 0.349 e. The molecule has 0 fully saturated rings. The first-order chi connectivity index (χ1) is 22.6. The summed E-state index contributed by atoms with van der Waals surface area (Å²) in [6.07, 6.45) is 3.39. The first kappa shape index (κ1) is 32.4. The summed E-state index contributed by atoms with van der Waals surface area (Å²) in [5.74, 6) is -5.21. The van der Waals surface area contributed by atoms with Gasteiger partial charge in [-0.05, 0) is 50.6 Å². The summed E-state index contributed by atoms with van der Waals surface area (Å²) in [5, 5.41) is 9.53. The number of esters is 1. The average molecular weight is 641 g/mol. The molecule has 47 heavy (non-hydrogen) atoms. The molecule has 2 heterocycles. The van der Waals surface area contributed by atoms with Gasteiger partial charge in [-0.2, -0.15) is 19.0 Å². The molecule has 0 saturated heterocycles. The number of carbonyl (C=O) groups is 1. The minimum atomic E-state index is -1.82. The van der Waals surface area contributed by atoms with Gasteiger partial charge in [-0.15, -0.1) is 0 Å². The molecule has 5 rings (SSSR count). The number of hydrogen-bond donors (Lipinski definition) is 0. The van der Waals surface area contributed by atoms with E-state index in [1.54, 1.807) is 48.1 Å². The van der Waals surface area contributed by atoms with E-state index in [9.17, 15) is 10.1 Å². The fraction of sp³-hybridized carbons (Fsp3) is 0.200. The van der Waals surface area contributed by atoms with Crippen LogP contribution in [0.5, 0.6) is 34.8 Å². The van der Waals surface area contributed by atoms with Crippen LogP contribution in [0.15, 0.2) is 85.2 Å². The zero-order valence-corrected chi connectivity index (χ0v) is 26.0. The lowest BCUT2D eigenvalue weighted by atomic mass is 10.1. The summed E-state index contributed by atoms with van der Waals surface area (Å²) in [7, 11) is 1.81. The van der Waals surface area contributed by atoms with Gasteiger partial charge < -0.3 is 28.3 Å². The van der Waals surface area contributed by atoms with Crippen LogP contribution < -0.4 is 18.9 Å². The van der Waals surface area contributed by atoms with E-state index >= 15 is 8.78 Å². The lowest BCUT2D eigenvalue weighted by molar-refractivity contribution is -0.159. The zero-order valence-electron chi connectivity index (χ0n) is 26.0. The summed E-state index contributed by atoms with van der Waals surface area (Å²) in [4.78, 5) is 20.9. The maximum atomic E-state index is 16.1. The van der Waals surface area contributed by atoms with Gasteiger partial charge in [-0.25, -0.2) is 9.78 Å². The van der Waals surface area contributed by atoms with E-state index in [0.29, 0.717) is 11.4 Å². The smallest absolute Gasteiger partial charge is 0.349 e. The van der Waals surface area contributed by atoms with Crippen molar-refractivity contribution in [1.29, 1.82) is 5.26 Å². The number of nitrogens with zero attached hydrogens (tertiary/aromatic N) is 4. The Morgan fingerprint density at radius 2 is 1.70 bits per heavy atom. The van der Waals surface area contributed by atoms with E-state index in [0.717, 1.165) is 5.56 Å². The van der Waals surface area contributed by atoms with Crippen LogP contribution in [0, 0.1) is 23.0 Å². The highest BCUT2D eigenvalue weighted by atomic mass is 19.1. The topological polar surface area (TPSA) is 118 Å². The van der Waals surface area contributed by atoms with Crippen LogP contribution in [0.3, 0.4) is 0 Å². The van der Waals surface area contributed by atoms with Crippen molar-refractivity contribution >= 4 is 5.97 Å². The highest BCUT2D eigenvalue weighted by Crippen LogP contribution is 2.41. The number of ether oxygens (including phenoxy) is 5. The molecule has 0 saturated carbocycles. The first-order valence-electron chi connectivity index (χ1n) is 14.5. The molecule has 0 atom stereocenters. The fourth-order valence-corrected chi connectivity index (χ4v) is 4.38. The van der Waals surface area contributed by atoms with Crippen molar-refractivity contribution < 1.29 is 37.3 Å². The van der Waals surface area contributed by atoms with Crippen LogP contribution in [0.25, 0.3) is 11.4 Å². The number of benzene rings is 3. The average Bonchev–Trinajstić information content (AvgIpc) is 3.51. The quantitative estimate of drug-likeness (QED) is 0.128. The molecule has 0 N–H and O–H groups in total. The fourth-order valence-electron chi connectivity index (χ4n) is 4.38. The van der Waals surface area contributed by atoms with Gasteiger partial charge >= 0.3 is 5.97 Å². The van der Waals surface area contributed by atoms with Crippen molar-refractivity contribution in [3.8, 4) is 52.2 Å². The van der Waals surface area contributed by atoms with E-state index in [-0.39, 0.29) is 36.0 Å². The van der Waals surface area contributed by atoms with Gasteiger partial charge in [0.2, 0.25) is 17.4 Å². The standard InChI is InChI=1S/C35H30F2N4O6/c1-5-43-34(42)35(2,3)47-30-28(36)32(45-25-13-9-12-24(19-25)31-39-16-17-41(31)4)40-33(29(30)37)46-27-18-23(20-38)14-15-26(27)44-21-22-10-7-6-8-11-22/h6-19H,5,21H2,1-4H3. The first-order valence-corrected chi connectivity index (χ1v) is 14.5. The molecular formula is C35H30F2N4O6. The van der Waals surface area contributed by atoms with Crippen LogP contribution in [0.2, 0.25) is 0 Å². The van der Waals surface area contributed by atoms with Gasteiger partial charge in [0, 0.05) is 31.1 Å². The predicted molar refractivity (Wildman–Crippen MR) is 166 cm³/mol. The van der Waals surface area contributed by atoms with Gasteiger partial charge in [0.25, 0.3) is 11.8 Å². The molecule has 10 nitrogen and oxygen atoms in total. The Morgan fingerprint density at radius 3 is 2.38 bits per heavy atom. The van der Waals surface area contributed by atoms with Gasteiger partial charge in [-0.1, -0.05) is 42.5 Å². The second-order valence-electron chi connectivity index (χ2n) is 10.7. The third kappa shape index (κ3) is 7.48. The molecule has 0 bridgehead atoms. The molecule has 0 aliphatic rings. The molecular weight excluding hydrogens is 610 g/mol. The van der Waals surface area contributed by atoms with E-state index in [1.165, 1.54) is 32.0 Å². The van der Waals surface area contributed by atoms with Crippen molar-refractivity contribution in [3.05, 3.63) is 108 Å². The lowest BCUT2D eigenvalue weighted by Crippen LogP contribution is -2.40. The Bertz CT molecular complexity index is 1940. The van der Waals surface area contributed by atoms with E-state index in [4.69, 9.17) is 23.7 Å². The van der Waals surface area contributed by atoms with E-state index in [1.807, 2.05) is 43.4 Å². The number of imidazole rings is 1. The van der Waals surface area contributed by atoms with Crippen molar-refractivity contribution in [1.82, 2.24) is 14.5 Å². The number of halogens is 2. The number of rotatable bonds is 12. The molecule has 0 radical (unpaired) electrons. The monoisotopic (exact) mass is 640 g/mol. The van der Waals surface area contributed by atoms with Crippen molar-refractivity contribution in [2.75, 3.05) is 6.61 Å². The SMILES string of the molecule is CCOC(=O)C(C)(C)Oc1c(F)c(Oc2cccc(-c3nccn3C)c2)nc(Oc2cc(C#N)ccc2OCc2ccccc2)c1F. The largest absolute Gasteiger partial charge is 0.485 e. The van der Waals surface area contributed by atoms with Crippen LogP contribution in [0.4, 0.5) is 8.78 Å². The van der Waals surface area contributed by atoms with E-state index < -0.39 is 40.7 Å². The third-order valence-corrected chi connectivity index (χ3v) is 6.75. The molecule has 0 aliphatic heterocycles. The normalized spacial score (nSPS) is 11.0. The highest BCUT2D eigenvalue weighted by Gasteiger charge is 2.36. The Kier molecular flexibility index (Phi) is 9.66. The van der Waals surface area contributed by atoms with E-state index in [2.05, 4.69) is 9.97 Å². The summed E-state index contributed by atoms with van der Waals surface area (Å²) >= 11 is 0. The van der Waals surface area contributed by atoms with Crippen molar-refractivity contribution in [2.24, 2.45) is 7.05 Å². The predicted octanol–water partition coefficient (Wildman–Crippen LogP) is 7.52. The third-order valence-electron chi connectivity index (χ3n) is 6.75. The summed E-state index contributed by atoms with van der Waals surface area (Å²) in [6.45, 7) is 4.33. The Labute approximate surface area is 269 Å². The minimum absolute atomic E-state index is 0.0169. The number of hydrogen-bond acceptors (Lipinski definition) is 9. The Hall–Kier alpha value is -5.96. The summed E-state index contributed by atoms with van der Waals surface area (Å²) < 4.78 is 62.1. The zero-order chi connectivity index (χ0) is 33.6. The molecule has 12 heteroatoms. The van der Waals surface area contributed by atoms with Gasteiger partial charge in [0.1, 0.15) is 18.2 Å². The number of carbonyl (C=O) groups excluding carboxylic acids is 1.